The van der Waals surface area contributed by atoms with Crippen molar-refractivity contribution in [2.24, 2.45) is 0 Å². The molecule has 0 spiro atoms. The van der Waals surface area contributed by atoms with E-state index in [1.54, 1.807) is 18.2 Å². The Bertz CT molecular complexity index is 623. The van der Waals surface area contributed by atoms with Crippen LogP contribution in [0.4, 0.5) is 4.39 Å². The predicted octanol–water partition coefficient (Wildman–Crippen LogP) is 2.51. The first-order chi connectivity index (χ1) is 9.47. The molecule has 0 unspecified atom stereocenters. The summed E-state index contributed by atoms with van der Waals surface area (Å²) < 4.78 is 13.5. The number of benzene rings is 2. The van der Waals surface area contributed by atoms with Gasteiger partial charge in [-0.25, -0.2) is 4.39 Å². The van der Waals surface area contributed by atoms with Gasteiger partial charge in [-0.1, -0.05) is 18.2 Å². The predicted molar refractivity (Wildman–Crippen MR) is 72.0 cm³/mol. The summed E-state index contributed by atoms with van der Waals surface area (Å²) in [5, 5.41) is 18.7. The van der Waals surface area contributed by atoms with Gasteiger partial charge in [0, 0.05) is 30.8 Å². The van der Waals surface area contributed by atoms with Gasteiger partial charge in [0.15, 0.2) is 0 Å². The maximum absolute atomic E-state index is 13.5. The van der Waals surface area contributed by atoms with Crippen LogP contribution in [-0.4, -0.2) is 28.1 Å². The number of amides is 1. The topological polar surface area (TPSA) is 60.8 Å². The monoisotopic (exact) mass is 275 g/mol. The molecule has 1 amide bonds. The lowest BCUT2D eigenvalue weighted by Gasteiger charge is -2.18. The molecule has 0 fully saturated rings. The number of halogens is 1. The second kappa shape index (κ2) is 5.61. The average molecular weight is 275 g/mol. The van der Waals surface area contributed by atoms with Crippen LogP contribution in [0, 0.1) is 5.82 Å². The molecule has 0 saturated heterocycles. The van der Waals surface area contributed by atoms with E-state index in [1.807, 2.05) is 0 Å². The van der Waals surface area contributed by atoms with E-state index < -0.39 is 5.91 Å². The van der Waals surface area contributed by atoms with Crippen molar-refractivity contribution in [2.45, 2.75) is 6.54 Å². The first-order valence-electron chi connectivity index (χ1n) is 5.99. The molecule has 5 heteroatoms. The summed E-state index contributed by atoms with van der Waals surface area (Å²) in [6, 6.07) is 9.82. The molecule has 0 aliphatic carbocycles. The molecular formula is C15H14FNO3. The number of aromatic hydroxyl groups is 2. The van der Waals surface area contributed by atoms with Crippen molar-refractivity contribution in [3.63, 3.8) is 0 Å². The highest BCUT2D eigenvalue weighted by molar-refractivity contribution is 5.94. The molecule has 0 aliphatic heterocycles. The highest BCUT2D eigenvalue weighted by atomic mass is 19.1. The summed E-state index contributed by atoms with van der Waals surface area (Å²) in [5.74, 6) is -1.20. The largest absolute Gasteiger partial charge is 0.508 e. The lowest BCUT2D eigenvalue weighted by Crippen LogP contribution is -2.26. The SMILES string of the molecule is CN(Cc1ccccc1F)C(=O)c1cc(O)cc(O)c1. The Kier molecular flexibility index (Phi) is 3.89. The van der Waals surface area contributed by atoms with Gasteiger partial charge in [0.05, 0.1) is 0 Å². The van der Waals surface area contributed by atoms with Gasteiger partial charge in [-0.2, -0.15) is 0 Å². The molecular weight excluding hydrogens is 261 g/mol. The zero-order chi connectivity index (χ0) is 14.7. The van der Waals surface area contributed by atoms with Crippen molar-refractivity contribution in [3.05, 3.63) is 59.4 Å². The van der Waals surface area contributed by atoms with Crippen LogP contribution in [0.25, 0.3) is 0 Å². The molecule has 0 aliphatic rings. The molecule has 0 atom stereocenters. The van der Waals surface area contributed by atoms with Gasteiger partial charge in [0.2, 0.25) is 0 Å². The quantitative estimate of drug-likeness (QED) is 0.904. The van der Waals surface area contributed by atoms with E-state index in [-0.39, 0.29) is 29.4 Å². The number of nitrogens with zero attached hydrogens (tertiary/aromatic N) is 1. The number of hydrogen-bond donors (Lipinski definition) is 2. The fourth-order valence-electron chi connectivity index (χ4n) is 1.89. The van der Waals surface area contributed by atoms with Gasteiger partial charge in [-0.3, -0.25) is 4.79 Å². The van der Waals surface area contributed by atoms with E-state index in [4.69, 9.17) is 0 Å². The summed E-state index contributed by atoms with van der Waals surface area (Å²) in [7, 11) is 1.52. The Morgan fingerprint density at radius 2 is 1.75 bits per heavy atom. The van der Waals surface area contributed by atoms with Gasteiger partial charge in [0.1, 0.15) is 17.3 Å². The smallest absolute Gasteiger partial charge is 0.254 e. The highest BCUT2D eigenvalue weighted by Gasteiger charge is 2.15. The molecule has 0 bridgehead atoms. The zero-order valence-corrected chi connectivity index (χ0v) is 10.9. The van der Waals surface area contributed by atoms with Gasteiger partial charge in [0.25, 0.3) is 5.91 Å². The van der Waals surface area contributed by atoms with Crippen LogP contribution in [0.5, 0.6) is 11.5 Å². The standard InChI is InChI=1S/C15H14FNO3/c1-17(9-10-4-2-3-5-14(10)16)15(20)11-6-12(18)8-13(19)7-11/h2-8,18-19H,9H2,1H3. The third kappa shape index (κ3) is 3.06. The second-order valence-electron chi connectivity index (χ2n) is 4.49. The minimum absolute atomic E-state index is 0.0991. The van der Waals surface area contributed by atoms with Crippen molar-refractivity contribution < 1.29 is 19.4 Å². The van der Waals surface area contributed by atoms with Crippen molar-refractivity contribution in [3.8, 4) is 11.5 Å². The number of phenols is 2. The maximum atomic E-state index is 13.5. The van der Waals surface area contributed by atoms with Crippen molar-refractivity contribution in [1.29, 1.82) is 0 Å². The lowest BCUT2D eigenvalue weighted by atomic mass is 10.1. The Hall–Kier alpha value is -2.56. The third-order valence-corrected chi connectivity index (χ3v) is 2.86. The van der Waals surface area contributed by atoms with Crippen LogP contribution in [0.2, 0.25) is 0 Å². The minimum atomic E-state index is -0.417. The molecule has 20 heavy (non-hydrogen) atoms. The Balaban J connectivity index is 2.18. The van der Waals surface area contributed by atoms with Gasteiger partial charge >= 0.3 is 0 Å². The Labute approximate surface area is 115 Å². The van der Waals surface area contributed by atoms with Crippen molar-refractivity contribution in [1.82, 2.24) is 4.90 Å². The number of hydrogen-bond acceptors (Lipinski definition) is 3. The minimum Gasteiger partial charge on any atom is -0.508 e. The fourth-order valence-corrected chi connectivity index (χ4v) is 1.89. The van der Waals surface area contributed by atoms with Crippen LogP contribution in [-0.2, 0) is 6.54 Å². The van der Waals surface area contributed by atoms with Crippen LogP contribution in [0.15, 0.2) is 42.5 Å². The molecule has 0 saturated carbocycles. The van der Waals surface area contributed by atoms with Gasteiger partial charge in [-0.05, 0) is 18.2 Å². The molecule has 2 aromatic rings. The van der Waals surface area contributed by atoms with E-state index in [0.29, 0.717) is 5.56 Å². The molecule has 2 rings (SSSR count). The van der Waals surface area contributed by atoms with Crippen molar-refractivity contribution in [2.75, 3.05) is 7.05 Å². The van der Waals surface area contributed by atoms with E-state index in [0.717, 1.165) is 6.07 Å². The first-order valence-corrected chi connectivity index (χ1v) is 5.99. The van der Waals surface area contributed by atoms with Crippen LogP contribution in [0.1, 0.15) is 15.9 Å². The van der Waals surface area contributed by atoms with Crippen molar-refractivity contribution >= 4 is 5.91 Å². The summed E-state index contributed by atoms with van der Waals surface area (Å²) in [4.78, 5) is 13.5. The van der Waals surface area contributed by atoms with E-state index in [2.05, 4.69) is 0 Å². The number of carbonyl (C=O) groups excluding carboxylic acids is 1. The number of phenolic OH excluding ortho intramolecular Hbond substituents is 2. The Morgan fingerprint density at radius 3 is 2.35 bits per heavy atom. The average Bonchev–Trinajstić information content (AvgIpc) is 2.39. The molecule has 4 nitrogen and oxygen atoms in total. The fraction of sp³-hybridized carbons (Fsp3) is 0.133. The highest BCUT2D eigenvalue weighted by Crippen LogP contribution is 2.21. The van der Waals surface area contributed by atoms with Crippen LogP contribution >= 0.6 is 0 Å². The lowest BCUT2D eigenvalue weighted by molar-refractivity contribution is 0.0783. The zero-order valence-electron chi connectivity index (χ0n) is 10.9. The third-order valence-electron chi connectivity index (χ3n) is 2.86. The molecule has 104 valence electrons. The summed E-state index contributed by atoms with van der Waals surface area (Å²) in [5.41, 5.74) is 0.536. The van der Waals surface area contributed by atoms with E-state index in [9.17, 15) is 19.4 Å². The molecule has 0 aromatic heterocycles. The van der Waals surface area contributed by atoms with Crippen LogP contribution in [0.3, 0.4) is 0 Å². The molecule has 0 radical (unpaired) electrons. The summed E-state index contributed by atoms with van der Waals surface area (Å²) >= 11 is 0. The number of carbonyl (C=O) groups is 1. The van der Waals surface area contributed by atoms with Gasteiger partial charge < -0.3 is 15.1 Å². The normalized spacial score (nSPS) is 10.3. The Morgan fingerprint density at radius 1 is 1.15 bits per heavy atom. The molecule has 2 aromatic carbocycles. The summed E-state index contributed by atoms with van der Waals surface area (Å²) in [6.45, 7) is 0.0991. The number of rotatable bonds is 3. The first kappa shape index (κ1) is 13.9. The summed E-state index contributed by atoms with van der Waals surface area (Å²) in [6.07, 6.45) is 0. The second-order valence-corrected chi connectivity index (χ2v) is 4.49. The van der Waals surface area contributed by atoms with Gasteiger partial charge in [-0.15, -0.1) is 0 Å². The maximum Gasteiger partial charge on any atom is 0.254 e. The van der Waals surface area contributed by atoms with E-state index in [1.165, 1.54) is 30.1 Å². The van der Waals surface area contributed by atoms with Crippen LogP contribution < -0.4 is 0 Å². The molecule has 0 heterocycles. The molecule has 2 N–H and O–H groups in total. The van der Waals surface area contributed by atoms with E-state index >= 15 is 0 Å².